The summed E-state index contributed by atoms with van der Waals surface area (Å²) in [7, 11) is 0. The van der Waals surface area contributed by atoms with Gasteiger partial charge in [-0.1, -0.05) is 38.1 Å². The minimum absolute atomic E-state index is 0.243. The zero-order chi connectivity index (χ0) is 9.84. The van der Waals surface area contributed by atoms with E-state index >= 15 is 0 Å². The first-order chi connectivity index (χ1) is 6.09. The van der Waals surface area contributed by atoms with Gasteiger partial charge in [-0.25, -0.2) is 0 Å². The molecule has 0 radical (unpaired) electrons. The van der Waals surface area contributed by atoms with Gasteiger partial charge in [0.25, 0.3) is 0 Å². The van der Waals surface area contributed by atoms with E-state index in [-0.39, 0.29) is 5.56 Å². The number of carbonyl (C=O) groups excluding carboxylic acids is 1. The van der Waals surface area contributed by atoms with Crippen LogP contribution >= 0.6 is 0 Å². The smallest absolute Gasteiger partial charge is 0.0715 e. The van der Waals surface area contributed by atoms with Crippen LogP contribution in [0.3, 0.4) is 0 Å². The molecule has 0 saturated heterocycles. The highest BCUT2D eigenvalue weighted by Crippen LogP contribution is 2.09. The van der Waals surface area contributed by atoms with Gasteiger partial charge in [0, 0.05) is 0 Å². The molecule has 0 N–H and O–H groups in total. The molecule has 1 aromatic carbocycles. The Balaban J connectivity index is 2.75. The fraction of sp³-hybridized carbons (Fsp3) is 0.364. The zero-order valence-electron chi connectivity index (χ0n) is 7.91. The molecule has 13 heavy (non-hydrogen) atoms. The van der Waals surface area contributed by atoms with Crippen LogP contribution in [0.15, 0.2) is 24.3 Å². The van der Waals surface area contributed by atoms with E-state index in [1.54, 1.807) is 12.1 Å². The van der Waals surface area contributed by atoms with Gasteiger partial charge < -0.3 is 9.90 Å². The number of hydrogen-bond acceptors (Lipinski definition) is 2. The average molecular weight is 177 g/mol. The third kappa shape index (κ3) is 2.90. The number of hydrogen-bond donors (Lipinski definition) is 0. The summed E-state index contributed by atoms with van der Waals surface area (Å²) in [6.45, 7) is 4.26. The third-order valence-corrected chi connectivity index (χ3v) is 1.83. The lowest BCUT2D eigenvalue weighted by Gasteiger charge is -2.06. The molecule has 0 aliphatic carbocycles. The number of benzene rings is 1. The molecule has 0 aromatic heterocycles. The molecule has 70 valence electrons. The first-order valence-corrected chi connectivity index (χ1v) is 4.40. The van der Waals surface area contributed by atoms with Crippen molar-refractivity contribution in [3.63, 3.8) is 0 Å². The maximum absolute atomic E-state index is 10.4. The van der Waals surface area contributed by atoms with Crippen LogP contribution in [-0.4, -0.2) is 5.97 Å². The van der Waals surface area contributed by atoms with E-state index in [1.807, 2.05) is 12.1 Å². The molecule has 2 heteroatoms. The van der Waals surface area contributed by atoms with E-state index in [2.05, 4.69) is 13.8 Å². The van der Waals surface area contributed by atoms with E-state index < -0.39 is 5.97 Å². The fourth-order valence-corrected chi connectivity index (χ4v) is 1.25. The Morgan fingerprint density at radius 1 is 1.31 bits per heavy atom. The van der Waals surface area contributed by atoms with E-state index in [1.165, 1.54) is 5.56 Å². The van der Waals surface area contributed by atoms with Crippen molar-refractivity contribution >= 4 is 5.97 Å². The third-order valence-electron chi connectivity index (χ3n) is 1.83. The van der Waals surface area contributed by atoms with Gasteiger partial charge in [-0.2, -0.15) is 0 Å². The van der Waals surface area contributed by atoms with E-state index in [9.17, 15) is 9.90 Å². The lowest BCUT2D eigenvalue weighted by Crippen LogP contribution is -2.22. The van der Waals surface area contributed by atoms with Crippen LogP contribution in [0.1, 0.15) is 29.8 Å². The molecule has 1 rings (SSSR count). The number of carboxylic acids is 1. The van der Waals surface area contributed by atoms with Gasteiger partial charge in [-0.15, -0.1) is 0 Å². The van der Waals surface area contributed by atoms with Gasteiger partial charge in [0.05, 0.1) is 5.97 Å². The van der Waals surface area contributed by atoms with Gasteiger partial charge in [-0.3, -0.25) is 0 Å². The summed E-state index contributed by atoms with van der Waals surface area (Å²) < 4.78 is 0. The molecule has 0 atom stereocenters. The molecular weight excluding hydrogens is 164 g/mol. The number of rotatable bonds is 3. The average Bonchev–Trinajstić information content (AvgIpc) is 2.04. The van der Waals surface area contributed by atoms with E-state index in [0.717, 1.165) is 6.42 Å². The molecule has 0 unspecified atom stereocenters. The molecule has 0 aliphatic rings. The maximum Gasteiger partial charge on any atom is 0.0715 e. The molecule has 0 amide bonds. The van der Waals surface area contributed by atoms with Crippen molar-refractivity contribution in [2.24, 2.45) is 5.92 Å². The number of carbonyl (C=O) groups is 1. The van der Waals surface area contributed by atoms with Crippen molar-refractivity contribution in [3.05, 3.63) is 35.4 Å². The Hall–Kier alpha value is -1.31. The molecule has 0 spiro atoms. The first kappa shape index (κ1) is 9.78. The Kier molecular flexibility index (Phi) is 3.07. The summed E-state index contributed by atoms with van der Waals surface area (Å²) in [4.78, 5) is 10.4. The lowest BCUT2D eigenvalue weighted by molar-refractivity contribution is -0.255. The minimum atomic E-state index is -1.11. The molecule has 0 fully saturated rings. The molecule has 0 bridgehead atoms. The quantitative estimate of drug-likeness (QED) is 0.697. The van der Waals surface area contributed by atoms with Gasteiger partial charge in [0.15, 0.2) is 0 Å². The Morgan fingerprint density at radius 2 is 1.85 bits per heavy atom. The highest BCUT2D eigenvalue weighted by Gasteiger charge is 1.98. The van der Waals surface area contributed by atoms with Crippen LogP contribution in [-0.2, 0) is 6.42 Å². The second-order valence-electron chi connectivity index (χ2n) is 3.58. The zero-order valence-corrected chi connectivity index (χ0v) is 7.91. The Morgan fingerprint density at radius 3 is 2.23 bits per heavy atom. The normalized spacial score (nSPS) is 10.4. The maximum atomic E-state index is 10.4. The standard InChI is InChI=1S/C11H14O2/c1-8(2)7-9-3-5-10(6-4-9)11(12)13/h3-6,8H,7H2,1-2H3,(H,12,13)/p-1. The molecule has 0 aliphatic heterocycles. The molecular formula is C11H13O2-. The molecule has 0 saturated carbocycles. The summed E-state index contributed by atoms with van der Waals surface area (Å²) in [5, 5.41) is 10.4. The van der Waals surface area contributed by atoms with Crippen LogP contribution in [0, 0.1) is 5.92 Å². The summed E-state index contributed by atoms with van der Waals surface area (Å²) in [5.41, 5.74) is 1.41. The molecule has 1 aromatic rings. The van der Waals surface area contributed by atoms with Gasteiger partial charge >= 0.3 is 0 Å². The van der Waals surface area contributed by atoms with Crippen molar-refractivity contribution in [2.45, 2.75) is 20.3 Å². The van der Waals surface area contributed by atoms with Crippen LogP contribution in [0.25, 0.3) is 0 Å². The monoisotopic (exact) mass is 177 g/mol. The van der Waals surface area contributed by atoms with E-state index in [4.69, 9.17) is 0 Å². The Labute approximate surface area is 78.2 Å². The molecule has 2 nitrogen and oxygen atoms in total. The van der Waals surface area contributed by atoms with Crippen molar-refractivity contribution in [1.82, 2.24) is 0 Å². The van der Waals surface area contributed by atoms with Gasteiger partial charge in [0.1, 0.15) is 0 Å². The highest BCUT2D eigenvalue weighted by atomic mass is 16.4. The SMILES string of the molecule is CC(C)Cc1ccc(C(=O)[O-])cc1. The Bertz CT molecular complexity index is 285. The number of carboxylic acid groups (broad SMARTS) is 1. The molecule has 0 heterocycles. The summed E-state index contributed by atoms with van der Waals surface area (Å²) >= 11 is 0. The summed E-state index contributed by atoms with van der Waals surface area (Å²) in [6.07, 6.45) is 0.979. The van der Waals surface area contributed by atoms with Crippen molar-refractivity contribution in [3.8, 4) is 0 Å². The highest BCUT2D eigenvalue weighted by molar-refractivity contribution is 5.85. The number of aromatic carboxylic acids is 1. The van der Waals surface area contributed by atoms with Gasteiger partial charge in [0.2, 0.25) is 0 Å². The van der Waals surface area contributed by atoms with Crippen LogP contribution < -0.4 is 5.11 Å². The second-order valence-corrected chi connectivity index (χ2v) is 3.58. The predicted octanol–water partition coefficient (Wildman–Crippen LogP) is 1.25. The lowest BCUT2D eigenvalue weighted by atomic mass is 10.0. The second kappa shape index (κ2) is 4.08. The topological polar surface area (TPSA) is 40.1 Å². The van der Waals surface area contributed by atoms with Crippen molar-refractivity contribution < 1.29 is 9.90 Å². The summed E-state index contributed by atoms with van der Waals surface area (Å²) in [5.74, 6) is -0.523. The fourth-order valence-electron chi connectivity index (χ4n) is 1.25. The predicted molar refractivity (Wildman–Crippen MR) is 49.3 cm³/mol. The largest absolute Gasteiger partial charge is 0.545 e. The van der Waals surface area contributed by atoms with Gasteiger partial charge in [-0.05, 0) is 23.5 Å². The van der Waals surface area contributed by atoms with Crippen LogP contribution in [0.5, 0.6) is 0 Å². The summed E-state index contributed by atoms with van der Waals surface area (Å²) in [6, 6.07) is 6.86. The van der Waals surface area contributed by atoms with E-state index in [0.29, 0.717) is 5.92 Å². The van der Waals surface area contributed by atoms with Crippen LogP contribution in [0.4, 0.5) is 0 Å². The van der Waals surface area contributed by atoms with Crippen LogP contribution in [0.2, 0.25) is 0 Å². The van der Waals surface area contributed by atoms with Crippen molar-refractivity contribution in [2.75, 3.05) is 0 Å². The van der Waals surface area contributed by atoms with Crippen molar-refractivity contribution in [1.29, 1.82) is 0 Å². The minimum Gasteiger partial charge on any atom is -0.545 e. The first-order valence-electron chi connectivity index (χ1n) is 4.40.